The molecule has 2 rings (SSSR count). The van der Waals surface area contributed by atoms with E-state index in [-0.39, 0.29) is 0 Å². The fourth-order valence-electron chi connectivity index (χ4n) is 1.63. The molecule has 0 aliphatic rings. The predicted octanol–water partition coefficient (Wildman–Crippen LogP) is 3.36. The maximum atomic E-state index is 5.57. The van der Waals surface area contributed by atoms with Crippen LogP contribution in [-0.2, 0) is 0 Å². The van der Waals surface area contributed by atoms with Crippen molar-refractivity contribution in [3.8, 4) is 11.6 Å². The van der Waals surface area contributed by atoms with Gasteiger partial charge in [0.25, 0.3) is 0 Å². The molecule has 4 heteroatoms. The Bertz CT molecular complexity index is 511. The van der Waals surface area contributed by atoms with Gasteiger partial charge in [-0.05, 0) is 30.0 Å². The number of nitrogens with zero attached hydrogens (tertiary/aromatic N) is 2. The second-order valence-corrected chi connectivity index (χ2v) is 4.26. The molecule has 2 aromatic rings. The van der Waals surface area contributed by atoms with E-state index in [1.165, 1.54) is 11.8 Å². The SMILES string of the molecule is CCC(C)c1ccc(Oc2cncc(N)n2)cc1. The summed E-state index contributed by atoms with van der Waals surface area (Å²) in [7, 11) is 0. The standard InChI is InChI=1S/C14H17N3O/c1-3-10(2)11-4-6-12(7-5-11)18-14-9-16-8-13(15)17-14/h4-10H,3H2,1-2H3,(H2,15,17). The average molecular weight is 243 g/mol. The smallest absolute Gasteiger partial charge is 0.239 e. The van der Waals surface area contributed by atoms with E-state index >= 15 is 0 Å². The zero-order chi connectivity index (χ0) is 13.0. The van der Waals surface area contributed by atoms with Crippen molar-refractivity contribution in [2.45, 2.75) is 26.2 Å². The van der Waals surface area contributed by atoms with Gasteiger partial charge in [0.15, 0.2) is 0 Å². The fourth-order valence-corrected chi connectivity index (χ4v) is 1.63. The highest BCUT2D eigenvalue weighted by Crippen LogP contribution is 2.24. The van der Waals surface area contributed by atoms with Crippen molar-refractivity contribution < 1.29 is 4.74 Å². The highest BCUT2D eigenvalue weighted by atomic mass is 16.5. The summed E-state index contributed by atoms with van der Waals surface area (Å²) in [6.07, 6.45) is 4.15. The first-order chi connectivity index (χ1) is 8.69. The number of aromatic nitrogens is 2. The lowest BCUT2D eigenvalue weighted by Crippen LogP contribution is -1.95. The van der Waals surface area contributed by atoms with E-state index in [1.807, 2.05) is 12.1 Å². The van der Waals surface area contributed by atoms with Crippen molar-refractivity contribution >= 4 is 5.82 Å². The Kier molecular flexibility index (Phi) is 3.77. The monoisotopic (exact) mass is 243 g/mol. The summed E-state index contributed by atoms with van der Waals surface area (Å²) in [6.45, 7) is 4.39. The van der Waals surface area contributed by atoms with Crippen LogP contribution in [0.2, 0.25) is 0 Å². The van der Waals surface area contributed by atoms with E-state index in [2.05, 4.69) is 35.9 Å². The summed E-state index contributed by atoms with van der Waals surface area (Å²) < 4.78 is 5.57. The van der Waals surface area contributed by atoms with Gasteiger partial charge in [-0.25, -0.2) is 0 Å². The number of hydrogen-bond acceptors (Lipinski definition) is 4. The van der Waals surface area contributed by atoms with Crippen molar-refractivity contribution in [2.24, 2.45) is 0 Å². The third kappa shape index (κ3) is 2.97. The zero-order valence-electron chi connectivity index (χ0n) is 10.6. The largest absolute Gasteiger partial charge is 0.437 e. The van der Waals surface area contributed by atoms with E-state index in [4.69, 9.17) is 10.5 Å². The van der Waals surface area contributed by atoms with Crippen molar-refractivity contribution in [3.63, 3.8) is 0 Å². The molecule has 0 saturated heterocycles. The van der Waals surface area contributed by atoms with Crippen LogP contribution in [0.3, 0.4) is 0 Å². The van der Waals surface area contributed by atoms with Crippen molar-refractivity contribution in [2.75, 3.05) is 5.73 Å². The molecule has 0 fully saturated rings. The first-order valence-corrected chi connectivity index (χ1v) is 6.04. The average Bonchev–Trinajstić information content (AvgIpc) is 2.39. The quantitative estimate of drug-likeness (QED) is 0.894. The summed E-state index contributed by atoms with van der Waals surface area (Å²) in [5.74, 6) is 2.06. The lowest BCUT2D eigenvalue weighted by atomic mass is 9.99. The maximum Gasteiger partial charge on any atom is 0.239 e. The fraction of sp³-hybridized carbons (Fsp3) is 0.286. The molecule has 2 N–H and O–H groups in total. The van der Waals surface area contributed by atoms with Gasteiger partial charge < -0.3 is 10.5 Å². The summed E-state index contributed by atoms with van der Waals surface area (Å²) in [6, 6.07) is 8.02. The predicted molar refractivity (Wildman–Crippen MR) is 71.7 cm³/mol. The van der Waals surface area contributed by atoms with Gasteiger partial charge in [-0.15, -0.1) is 0 Å². The molecule has 1 heterocycles. The highest BCUT2D eigenvalue weighted by molar-refractivity contribution is 5.33. The molecule has 0 radical (unpaired) electrons. The summed E-state index contributed by atoms with van der Waals surface area (Å²) in [4.78, 5) is 7.96. The molecule has 0 aliphatic carbocycles. The van der Waals surface area contributed by atoms with Gasteiger partial charge >= 0.3 is 0 Å². The molecule has 0 bridgehead atoms. The van der Waals surface area contributed by atoms with Crippen LogP contribution in [0.1, 0.15) is 31.7 Å². The van der Waals surface area contributed by atoms with E-state index in [0.717, 1.165) is 12.2 Å². The lowest BCUT2D eigenvalue weighted by molar-refractivity contribution is 0.461. The third-order valence-corrected chi connectivity index (χ3v) is 2.92. The first kappa shape index (κ1) is 12.4. The Morgan fingerprint density at radius 2 is 1.94 bits per heavy atom. The minimum atomic E-state index is 0.351. The van der Waals surface area contributed by atoms with Gasteiger partial charge in [0.1, 0.15) is 11.6 Å². The van der Waals surface area contributed by atoms with Crippen LogP contribution in [0.15, 0.2) is 36.7 Å². The van der Waals surface area contributed by atoms with Gasteiger partial charge in [0.05, 0.1) is 12.4 Å². The van der Waals surface area contributed by atoms with Crippen LogP contribution >= 0.6 is 0 Å². The van der Waals surface area contributed by atoms with E-state index in [9.17, 15) is 0 Å². The normalized spacial score (nSPS) is 12.1. The van der Waals surface area contributed by atoms with E-state index in [1.54, 1.807) is 6.20 Å². The molecule has 0 aliphatic heterocycles. The van der Waals surface area contributed by atoms with Crippen LogP contribution in [0.5, 0.6) is 11.6 Å². The van der Waals surface area contributed by atoms with Crippen LogP contribution in [-0.4, -0.2) is 9.97 Å². The van der Waals surface area contributed by atoms with Crippen molar-refractivity contribution in [1.82, 2.24) is 9.97 Å². The summed E-state index contributed by atoms with van der Waals surface area (Å²) >= 11 is 0. The zero-order valence-corrected chi connectivity index (χ0v) is 10.6. The van der Waals surface area contributed by atoms with Crippen molar-refractivity contribution in [3.05, 3.63) is 42.2 Å². The molecular weight excluding hydrogens is 226 g/mol. The molecule has 18 heavy (non-hydrogen) atoms. The van der Waals surface area contributed by atoms with Gasteiger partial charge in [-0.2, -0.15) is 4.98 Å². The highest BCUT2D eigenvalue weighted by Gasteiger charge is 2.04. The minimum Gasteiger partial charge on any atom is -0.437 e. The molecule has 1 aromatic heterocycles. The number of nitrogens with two attached hydrogens (primary N) is 1. The van der Waals surface area contributed by atoms with Gasteiger partial charge in [0.2, 0.25) is 5.88 Å². The molecule has 4 nitrogen and oxygen atoms in total. The van der Waals surface area contributed by atoms with Gasteiger partial charge in [-0.3, -0.25) is 4.98 Å². The van der Waals surface area contributed by atoms with E-state index < -0.39 is 0 Å². The molecule has 1 unspecified atom stereocenters. The molecule has 1 atom stereocenters. The number of rotatable bonds is 4. The Morgan fingerprint density at radius 3 is 2.56 bits per heavy atom. The topological polar surface area (TPSA) is 61.0 Å². The van der Waals surface area contributed by atoms with Crippen LogP contribution < -0.4 is 10.5 Å². The van der Waals surface area contributed by atoms with Crippen LogP contribution in [0, 0.1) is 0 Å². The van der Waals surface area contributed by atoms with Crippen LogP contribution in [0.25, 0.3) is 0 Å². The number of nitrogen functional groups attached to an aromatic ring is 1. The van der Waals surface area contributed by atoms with Gasteiger partial charge in [-0.1, -0.05) is 26.0 Å². The molecule has 1 aromatic carbocycles. The maximum absolute atomic E-state index is 5.57. The number of hydrogen-bond donors (Lipinski definition) is 1. The molecule has 94 valence electrons. The first-order valence-electron chi connectivity index (χ1n) is 6.04. The van der Waals surface area contributed by atoms with Gasteiger partial charge in [0, 0.05) is 0 Å². The Labute approximate surface area is 107 Å². The summed E-state index contributed by atoms with van der Waals surface area (Å²) in [5, 5.41) is 0. The Morgan fingerprint density at radius 1 is 1.22 bits per heavy atom. The summed E-state index contributed by atoms with van der Waals surface area (Å²) in [5.41, 5.74) is 6.85. The van der Waals surface area contributed by atoms with E-state index in [0.29, 0.717) is 17.6 Å². The second-order valence-electron chi connectivity index (χ2n) is 4.26. The molecular formula is C14H17N3O. The number of anilines is 1. The number of ether oxygens (including phenoxy) is 1. The minimum absolute atomic E-state index is 0.351. The lowest BCUT2D eigenvalue weighted by Gasteiger charge is -2.10. The second kappa shape index (κ2) is 5.49. The number of benzene rings is 1. The van der Waals surface area contributed by atoms with Crippen LogP contribution in [0.4, 0.5) is 5.82 Å². The molecule has 0 spiro atoms. The third-order valence-electron chi connectivity index (χ3n) is 2.92. The molecule has 0 saturated carbocycles. The molecule has 0 amide bonds. The Hall–Kier alpha value is -2.10. The van der Waals surface area contributed by atoms with Crippen molar-refractivity contribution in [1.29, 1.82) is 0 Å². The Balaban J connectivity index is 2.11.